The number of carbonyl (C=O) groups is 3. The molecule has 0 atom stereocenters. The number of benzene rings is 3. The molecule has 0 saturated carbocycles. The molecule has 3 amide bonds. The molecule has 0 aliphatic carbocycles. The molecule has 3 aliphatic rings. The van der Waals surface area contributed by atoms with E-state index in [-0.39, 0.29) is 16.7 Å². The zero-order valence-electron chi connectivity index (χ0n) is 51.9. The van der Waals surface area contributed by atoms with Crippen LogP contribution < -0.4 is 47.9 Å². The molecule has 3 fully saturated rings. The summed E-state index contributed by atoms with van der Waals surface area (Å²) >= 11 is 0. The van der Waals surface area contributed by atoms with E-state index in [1.54, 1.807) is 50.3 Å². The van der Waals surface area contributed by atoms with Gasteiger partial charge in [-0.1, -0.05) is 0 Å². The van der Waals surface area contributed by atoms with Crippen LogP contribution in [0.2, 0.25) is 0 Å². The van der Waals surface area contributed by atoms with E-state index in [0.717, 1.165) is 82.5 Å². The van der Waals surface area contributed by atoms with Gasteiger partial charge < -0.3 is 66.0 Å². The molecule has 9 N–H and O–H groups in total. The van der Waals surface area contributed by atoms with Gasteiger partial charge in [0.25, 0.3) is 17.7 Å². The van der Waals surface area contributed by atoms with Gasteiger partial charge in [-0.25, -0.2) is 43.5 Å². The highest BCUT2D eigenvalue weighted by atomic mass is 16.3. The number of amides is 3. The summed E-state index contributed by atoms with van der Waals surface area (Å²) in [5.74, 6) is 1.33. The Morgan fingerprint density at radius 2 is 0.745 bits per heavy atom. The van der Waals surface area contributed by atoms with Crippen LogP contribution >= 0.6 is 0 Å². The van der Waals surface area contributed by atoms with Crippen LogP contribution in [0.25, 0.3) is 51.3 Å². The fourth-order valence-electron chi connectivity index (χ4n) is 11.4. The number of nitrogens with two attached hydrogens (primary N) is 3. The Hall–Kier alpha value is -11.7. The Kier molecular flexibility index (Phi) is 17.6. The molecule has 3 aliphatic heterocycles. The third-order valence-corrected chi connectivity index (χ3v) is 16.7. The lowest BCUT2D eigenvalue weighted by molar-refractivity contribution is 0.0991. The van der Waals surface area contributed by atoms with Crippen molar-refractivity contribution in [2.45, 2.75) is 39.2 Å². The Labute approximate surface area is 538 Å². The standard InChI is InChI=1S/C23H26N8O2.C21H22N8O2.C21H21N7O2/c1-15(2)29-7-9-30(10-8-29)18-5-3-17(4-6-18)28-22-23-26-14-27-31(23)19(12-25-22)20-11-16(13-33-20)21(24)32;1-27-6-8-28(9-7-27)16-4-2-15(3-5-16)26-20-21-24-13-25-29(21)17(11-23-20)18-10-14(12-31-18)19(22)30;22-19(29)14-10-18(30-12-14)17-11-23-20(21-24-13-25-28(17)21)26-15-4-6-16(7-5-15)27-8-2-1-3-9-27/h3-6,11-15H,7-10H2,1-2H3,(H2,24,32)(H,25,28);2-5,10-13H,6-9H2,1H3,(H2,22,30)(H,23,26);4-7,10-13H,1-3,8-9H2,(H2,22,29)(H,23,26). The molecule has 3 aromatic carbocycles. The number of fused-ring (bicyclic) bond motifs is 3. The van der Waals surface area contributed by atoms with E-state index >= 15 is 0 Å². The van der Waals surface area contributed by atoms with E-state index in [1.165, 1.54) is 74.1 Å². The number of carbonyl (C=O) groups excluding carboxylic acids is 3. The smallest absolute Gasteiger partial charge is 0.251 e. The second-order valence-corrected chi connectivity index (χ2v) is 23.1. The monoisotopic (exact) mass is 1270 g/mol. The Balaban J connectivity index is 0.000000128. The van der Waals surface area contributed by atoms with Crippen molar-refractivity contribution in [2.75, 3.05) is 103 Å². The lowest BCUT2D eigenvalue weighted by Gasteiger charge is -2.38. The summed E-state index contributed by atoms with van der Waals surface area (Å²) < 4.78 is 21.2. The zero-order valence-corrected chi connectivity index (χ0v) is 51.9. The van der Waals surface area contributed by atoms with Crippen molar-refractivity contribution in [3.63, 3.8) is 0 Å². The van der Waals surface area contributed by atoms with Crippen LogP contribution in [-0.2, 0) is 0 Å². The van der Waals surface area contributed by atoms with Gasteiger partial charge in [-0.15, -0.1) is 0 Å². The Morgan fingerprint density at radius 3 is 1.05 bits per heavy atom. The average Bonchev–Trinajstić information content (AvgIpc) is 1.62. The molecule has 29 nitrogen and oxygen atoms in total. The first kappa shape index (κ1) is 61.2. The van der Waals surface area contributed by atoms with Crippen molar-refractivity contribution in [1.29, 1.82) is 0 Å². The number of rotatable bonds is 16. The minimum atomic E-state index is -0.559. The highest BCUT2D eigenvalue weighted by molar-refractivity contribution is 5.95. The Morgan fingerprint density at radius 1 is 0.426 bits per heavy atom. The zero-order chi connectivity index (χ0) is 64.8. The number of nitrogens with one attached hydrogen (secondary N) is 3. The summed E-state index contributed by atoms with van der Waals surface area (Å²) in [6.07, 6.45) is 17.0. The molecule has 15 rings (SSSR count). The molecule has 0 bridgehead atoms. The van der Waals surface area contributed by atoms with Crippen LogP contribution in [0.1, 0.15) is 64.2 Å². The number of aromatic nitrogens is 12. The second kappa shape index (κ2) is 27.0. The maximum atomic E-state index is 11.4. The van der Waals surface area contributed by atoms with Crippen LogP contribution in [-0.4, -0.2) is 165 Å². The predicted octanol–water partition coefficient (Wildman–Crippen LogP) is 7.95. The van der Waals surface area contributed by atoms with Crippen molar-refractivity contribution in [3.8, 4) is 34.4 Å². The van der Waals surface area contributed by atoms with E-state index < -0.39 is 17.7 Å². The summed E-state index contributed by atoms with van der Waals surface area (Å²) in [5, 5.41) is 22.8. The van der Waals surface area contributed by atoms with Crippen molar-refractivity contribution in [3.05, 3.63) is 164 Å². The van der Waals surface area contributed by atoms with Gasteiger partial charge in [-0.2, -0.15) is 15.3 Å². The number of nitrogens with zero attached hydrogens (tertiary/aromatic N) is 17. The average molecular weight is 1270 g/mol. The first-order chi connectivity index (χ1) is 45.8. The molecule has 0 radical (unpaired) electrons. The molecule has 0 spiro atoms. The maximum absolute atomic E-state index is 11.4. The van der Waals surface area contributed by atoms with Crippen molar-refractivity contribution < 1.29 is 27.6 Å². The normalized spacial score (nSPS) is 14.6. The molecule has 29 heteroatoms. The summed E-state index contributed by atoms with van der Waals surface area (Å²) in [7, 11) is 2.15. The van der Waals surface area contributed by atoms with E-state index in [0.29, 0.717) is 74.8 Å². The van der Waals surface area contributed by atoms with E-state index in [4.69, 9.17) is 30.5 Å². The van der Waals surface area contributed by atoms with Gasteiger partial charge >= 0.3 is 0 Å². The first-order valence-electron chi connectivity index (χ1n) is 30.8. The van der Waals surface area contributed by atoms with Gasteiger partial charge in [0.15, 0.2) is 51.7 Å². The highest BCUT2D eigenvalue weighted by Gasteiger charge is 2.23. The quantitative estimate of drug-likeness (QED) is 0.0534. The van der Waals surface area contributed by atoms with Gasteiger partial charge in [0.2, 0.25) is 0 Å². The number of hydrogen-bond donors (Lipinski definition) is 6. The number of likely N-dealkylation sites (N-methyl/N-ethyl adjacent to an activating group) is 1. The number of anilines is 9. The van der Waals surface area contributed by atoms with Crippen LogP contribution in [0, 0.1) is 0 Å². The maximum Gasteiger partial charge on any atom is 0.251 e. The van der Waals surface area contributed by atoms with E-state index in [2.05, 4.69) is 143 Å². The van der Waals surface area contributed by atoms with Gasteiger partial charge in [0.05, 0.1) is 35.3 Å². The molecule has 94 heavy (non-hydrogen) atoms. The topological polar surface area (TPSA) is 350 Å². The highest BCUT2D eigenvalue weighted by Crippen LogP contribution is 2.32. The third kappa shape index (κ3) is 13.4. The lowest BCUT2D eigenvalue weighted by atomic mass is 10.1. The molecular weight excluding hydrogens is 1200 g/mol. The SMILES string of the molecule is CC(C)N1CCN(c2ccc(Nc3ncc(-c4cc(C(N)=O)co4)n4ncnc34)cc2)CC1.CN1CCN(c2ccc(Nc3ncc(-c4cc(C(N)=O)co4)n4ncnc34)cc2)CC1.NC(=O)c1coc(-c2cnc(Nc3ccc(N4CCCCC4)cc3)c3ncnn23)c1. The lowest BCUT2D eigenvalue weighted by Crippen LogP contribution is -2.48. The van der Waals surface area contributed by atoms with Gasteiger partial charge in [-0.3, -0.25) is 19.3 Å². The van der Waals surface area contributed by atoms with Crippen LogP contribution in [0.4, 0.5) is 51.6 Å². The second-order valence-electron chi connectivity index (χ2n) is 23.1. The largest absolute Gasteiger partial charge is 0.462 e. The molecule has 12 heterocycles. The van der Waals surface area contributed by atoms with Crippen molar-refractivity contribution in [1.82, 2.24) is 68.5 Å². The van der Waals surface area contributed by atoms with Crippen LogP contribution in [0.15, 0.2) is 161 Å². The van der Waals surface area contributed by atoms with E-state index in [9.17, 15) is 14.4 Å². The first-order valence-corrected chi connectivity index (χ1v) is 30.8. The Bertz CT molecular complexity index is 4610. The number of piperazine rings is 2. The minimum Gasteiger partial charge on any atom is -0.462 e. The van der Waals surface area contributed by atoms with Crippen molar-refractivity contribution in [2.24, 2.45) is 17.2 Å². The third-order valence-electron chi connectivity index (χ3n) is 16.7. The number of primary amides is 3. The fourth-order valence-corrected chi connectivity index (χ4v) is 11.4. The molecule has 0 unspecified atom stereocenters. The summed E-state index contributed by atoms with van der Waals surface area (Å²) in [4.78, 5) is 72.6. The molecular formula is C65H69N23O6. The van der Waals surface area contributed by atoms with Crippen LogP contribution in [0.5, 0.6) is 0 Å². The summed E-state index contributed by atoms with van der Waals surface area (Å²) in [5.41, 5.74) is 26.5. The fraction of sp³-hybridized carbons (Fsp3) is 0.262. The molecule has 12 aromatic rings. The molecule has 480 valence electrons. The molecule has 3 saturated heterocycles. The summed E-state index contributed by atoms with van der Waals surface area (Å²) in [6.45, 7) is 15.1. The number of piperidine rings is 1. The van der Waals surface area contributed by atoms with Gasteiger partial charge in [0.1, 0.15) is 54.9 Å². The van der Waals surface area contributed by atoms with E-state index in [1.807, 2.05) is 36.4 Å². The minimum absolute atomic E-state index is 0.283. The van der Waals surface area contributed by atoms with Gasteiger partial charge in [0, 0.05) is 106 Å². The predicted molar refractivity (Wildman–Crippen MR) is 355 cm³/mol. The number of furan rings is 3. The molecule has 9 aromatic heterocycles. The van der Waals surface area contributed by atoms with Gasteiger partial charge in [-0.05, 0) is 131 Å². The number of hydrogen-bond acceptors (Lipinski definition) is 23. The van der Waals surface area contributed by atoms with Crippen molar-refractivity contribution >= 4 is 86.2 Å². The summed E-state index contributed by atoms with van der Waals surface area (Å²) in [6, 6.07) is 30.2. The van der Waals surface area contributed by atoms with Crippen LogP contribution in [0.3, 0.4) is 0 Å².